The van der Waals surface area contributed by atoms with Gasteiger partial charge in [-0.2, -0.15) is 0 Å². The number of likely N-dealkylation sites (tertiary alicyclic amines) is 1. The molecule has 0 aliphatic carbocycles. The van der Waals surface area contributed by atoms with Crippen LogP contribution in [0.1, 0.15) is 22.7 Å². The van der Waals surface area contributed by atoms with E-state index >= 15 is 0 Å². The molecule has 9 heteroatoms. The Morgan fingerprint density at radius 2 is 1.79 bits per heavy atom. The summed E-state index contributed by atoms with van der Waals surface area (Å²) in [6, 6.07) is 18.0. The second-order valence-electron chi connectivity index (χ2n) is 7.60. The molecule has 0 spiro atoms. The van der Waals surface area contributed by atoms with Crippen molar-refractivity contribution in [3.8, 4) is 5.75 Å². The van der Waals surface area contributed by atoms with E-state index < -0.39 is 28.4 Å². The van der Waals surface area contributed by atoms with Crippen molar-refractivity contribution in [3.63, 3.8) is 0 Å². The number of nitro benzene ring substituents is 1. The summed E-state index contributed by atoms with van der Waals surface area (Å²) in [4.78, 5) is 38.2. The Bertz CT molecular complexity index is 1320. The lowest BCUT2D eigenvalue weighted by molar-refractivity contribution is -0.384. The van der Waals surface area contributed by atoms with Crippen LogP contribution < -0.4 is 4.74 Å². The number of methoxy groups -OCH3 is 1. The maximum absolute atomic E-state index is 13.1. The van der Waals surface area contributed by atoms with Crippen LogP contribution in [-0.4, -0.2) is 33.7 Å². The number of Topliss-reactive ketones (excluding diaryl/α,β-unsaturated/α-hetero) is 1. The van der Waals surface area contributed by atoms with Gasteiger partial charge in [-0.25, -0.2) is 0 Å². The van der Waals surface area contributed by atoms with Gasteiger partial charge < -0.3 is 14.7 Å². The Labute approximate surface area is 199 Å². The van der Waals surface area contributed by atoms with Gasteiger partial charge in [-0.3, -0.25) is 19.7 Å². The third-order valence-corrected chi connectivity index (χ3v) is 5.84. The van der Waals surface area contributed by atoms with Crippen molar-refractivity contribution in [2.45, 2.75) is 12.6 Å². The molecule has 1 aliphatic rings. The molecule has 8 nitrogen and oxygen atoms in total. The van der Waals surface area contributed by atoms with Gasteiger partial charge in [-0.05, 0) is 23.8 Å². The number of carbonyl (C=O) groups excluding carboxylic acids is 2. The highest BCUT2D eigenvalue weighted by atomic mass is 35.5. The minimum Gasteiger partial charge on any atom is -0.507 e. The average molecular weight is 479 g/mol. The van der Waals surface area contributed by atoms with Crippen LogP contribution in [0.3, 0.4) is 0 Å². The summed E-state index contributed by atoms with van der Waals surface area (Å²) >= 11 is 6.03. The van der Waals surface area contributed by atoms with Gasteiger partial charge in [-0.1, -0.05) is 54.1 Å². The molecule has 34 heavy (non-hydrogen) atoms. The SMILES string of the molecule is COc1ccccc1CN1C(=O)C(=O)/C(=C(\O)c2cccc([N+](=O)[O-])c2)C1c1ccc(Cl)cc1. The zero-order valence-electron chi connectivity index (χ0n) is 18.0. The summed E-state index contributed by atoms with van der Waals surface area (Å²) in [5.41, 5.74) is 0.855. The standard InChI is InChI=1S/C25H19ClN2O6/c1-34-20-8-3-2-5-17(20)14-27-22(15-9-11-18(26)12-10-15)21(24(30)25(27)31)23(29)16-6-4-7-19(13-16)28(32)33/h2-13,22,29H,14H2,1H3/b23-21-. The van der Waals surface area contributed by atoms with Crippen LogP contribution >= 0.6 is 11.6 Å². The van der Waals surface area contributed by atoms with E-state index in [1.165, 1.54) is 30.2 Å². The van der Waals surface area contributed by atoms with Crippen LogP contribution in [0.25, 0.3) is 5.76 Å². The molecule has 1 amide bonds. The largest absolute Gasteiger partial charge is 0.507 e. The van der Waals surface area contributed by atoms with Crippen LogP contribution in [0, 0.1) is 10.1 Å². The van der Waals surface area contributed by atoms with Gasteiger partial charge in [0, 0.05) is 28.3 Å². The molecule has 1 fully saturated rings. The number of ether oxygens (including phenoxy) is 1. The van der Waals surface area contributed by atoms with Gasteiger partial charge in [0.15, 0.2) is 0 Å². The van der Waals surface area contributed by atoms with Gasteiger partial charge in [0.2, 0.25) is 0 Å². The number of para-hydroxylation sites is 1. The van der Waals surface area contributed by atoms with Crippen LogP contribution in [0.5, 0.6) is 5.75 Å². The number of aliphatic hydroxyl groups is 1. The lowest BCUT2D eigenvalue weighted by Crippen LogP contribution is -2.29. The predicted octanol–water partition coefficient (Wildman–Crippen LogP) is 4.88. The number of rotatable bonds is 6. The van der Waals surface area contributed by atoms with E-state index in [9.17, 15) is 24.8 Å². The Morgan fingerprint density at radius 1 is 1.09 bits per heavy atom. The van der Waals surface area contributed by atoms with Gasteiger partial charge in [-0.15, -0.1) is 0 Å². The molecule has 0 aromatic heterocycles. The molecule has 172 valence electrons. The fourth-order valence-corrected chi connectivity index (χ4v) is 4.10. The van der Waals surface area contributed by atoms with E-state index in [1.54, 1.807) is 48.5 Å². The molecular weight excluding hydrogens is 460 g/mol. The van der Waals surface area contributed by atoms with Crippen molar-refractivity contribution >= 4 is 34.7 Å². The first-order chi connectivity index (χ1) is 16.3. The number of aliphatic hydroxyl groups excluding tert-OH is 1. The molecule has 4 rings (SSSR count). The summed E-state index contributed by atoms with van der Waals surface area (Å²) in [6.07, 6.45) is 0. The van der Waals surface area contributed by atoms with Crippen molar-refractivity contribution in [2.75, 3.05) is 7.11 Å². The maximum Gasteiger partial charge on any atom is 0.295 e. The highest BCUT2D eigenvalue weighted by molar-refractivity contribution is 6.46. The number of carbonyl (C=O) groups is 2. The highest BCUT2D eigenvalue weighted by Crippen LogP contribution is 2.41. The molecular formula is C25H19ClN2O6. The summed E-state index contributed by atoms with van der Waals surface area (Å²) in [7, 11) is 1.51. The van der Waals surface area contributed by atoms with Crippen molar-refractivity contribution in [1.29, 1.82) is 0 Å². The van der Waals surface area contributed by atoms with Crippen molar-refractivity contribution in [1.82, 2.24) is 4.90 Å². The molecule has 1 saturated heterocycles. The number of hydrogen-bond acceptors (Lipinski definition) is 6. The first-order valence-electron chi connectivity index (χ1n) is 10.2. The molecule has 1 N–H and O–H groups in total. The molecule has 0 radical (unpaired) electrons. The number of benzene rings is 3. The monoisotopic (exact) mass is 478 g/mol. The minimum absolute atomic E-state index is 0.0353. The zero-order valence-corrected chi connectivity index (χ0v) is 18.7. The molecule has 3 aromatic carbocycles. The zero-order chi connectivity index (χ0) is 24.4. The number of amides is 1. The van der Waals surface area contributed by atoms with Crippen molar-refractivity contribution < 1.29 is 24.4 Å². The number of ketones is 1. The lowest BCUT2D eigenvalue weighted by Gasteiger charge is -2.26. The normalized spacial score (nSPS) is 17.1. The van der Waals surface area contributed by atoms with Crippen LogP contribution in [0.15, 0.2) is 78.4 Å². The first kappa shape index (κ1) is 23.0. The molecule has 0 saturated carbocycles. The summed E-state index contributed by atoms with van der Waals surface area (Å²) < 4.78 is 5.39. The number of non-ortho nitro benzene ring substituents is 1. The number of hydrogen-bond donors (Lipinski definition) is 1. The van der Waals surface area contributed by atoms with Crippen molar-refractivity contribution in [2.24, 2.45) is 0 Å². The average Bonchev–Trinajstić information content (AvgIpc) is 3.09. The topological polar surface area (TPSA) is 110 Å². The fourth-order valence-electron chi connectivity index (χ4n) is 3.97. The summed E-state index contributed by atoms with van der Waals surface area (Å²) in [6.45, 7) is 0.0353. The summed E-state index contributed by atoms with van der Waals surface area (Å²) in [5, 5.41) is 22.8. The van der Waals surface area contributed by atoms with E-state index in [4.69, 9.17) is 16.3 Å². The van der Waals surface area contributed by atoms with E-state index in [0.717, 1.165) is 6.07 Å². The number of nitrogens with zero attached hydrogens (tertiary/aromatic N) is 2. The van der Waals surface area contributed by atoms with Crippen molar-refractivity contribution in [3.05, 3.63) is 110 Å². The minimum atomic E-state index is -0.943. The van der Waals surface area contributed by atoms with Gasteiger partial charge in [0.05, 0.1) is 30.2 Å². The molecule has 0 bridgehead atoms. The third-order valence-electron chi connectivity index (χ3n) is 5.59. The Hall–Kier alpha value is -4.17. The Kier molecular flexibility index (Phi) is 6.34. The molecule has 1 atom stereocenters. The van der Waals surface area contributed by atoms with Gasteiger partial charge >= 0.3 is 0 Å². The lowest BCUT2D eigenvalue weighted by atomic mass is 9.95. The smallest absolute Gasteiger partial charge is 0.295 e. The van der Waals surface area contributed by atoms with E-state index in [-0.39, 0.29) is 23.4 Å². The maximum atomic E-state index is 13.1. The van der Waals surface area contributed by atoms with E-state index in [1.807, 2.05) is 0 Å². The van der Waals surface area contributed by atoms with Crippen LogP contribution in [-0.2, 0) is 16.1 Å². The number of nitro groups is 1. The Balaban J connectivity index is 1.88. The molecule has 1 unspecified atom stereocenters. The molecule has 1 aliphatic heterocycles. The van der Waals surface area contributed by atoms with E-state index in [0.29, 0.717) is 21.9 Å². The van der Waals surface area contributed by atoms with Gasteiger partial charge in [0.25, 0.3) is 17.4 Å². The third kappa shape index (κ3) is 4.23. The number of halogens is 1. The first-order valence-corrected chi connectivity index (χ1v) is 10.6. The molecule has 3 aromatic rings. The van der Waals surface area contributed by atoms with Crippen LogP contribution in [0.2, 0.25) is 5.02 Å². The second-order valence-corrected chi connectivity index (χ2v) is 8.03. The predicted molar refractivity (Wildman–Crippen MR) is 125 cm³/mol. The second kappa shape index (κ2) is 9.36. The quantitative estimate of drug-likeness (QED) is 0.178. The Morgan fingerprint density at radius 3 is 2.47 bits per heavy atom. The fraction of sp³-hybridized carbons (Fsp3) is 0.120. The van der Waals surface area contributed by atoms with E-state index in [2.05, 4.69) is 0 Å². The van der Waals surface area contributed by atoms with Crippen LogP contribution in [0.4, 0.5) is 5.69 Å². The molecule has 1 heterocycles. The highest BCUT2D eigenvalue weighted by Gasteiger charge is 2.46. The van der Waals surface area contributed by atoms with Gasteiger partial charge in [0.1, 0.15) is 11.5 Å². The summed E-state index contributed by atoms with van der Waals surface area (Å²) in [5.74, 6) is -1.65.